The van der Waals surface area contributed by atoms with Crippen LogP contribution in [0.4, 0.5) is 0 Å². The fraction of sp³-hybridized carbons (Fsp3) is 0.235. The molecular formula is C17H17ClN6O2. The lowest BCUT2D eigenvalue weighted by Gasteiger charge is -2.12. The van der Waals surface area contributed by atoms with Gasteiger partial charge >= 0.3 is 0 Å². The highest BCUT2D eigenvalue weighted by Gasteiger charge is 2.24. The minimum atomic E-state index is -0.747. The Morgan fingerprint density at radius 3 is 2.54 bits per heavy atom. The van der Waals surface area contributed by atoms with Crippen molar-refractivity contribution in [2.45, 2.75) is 19.9 Å². The maximum atomic E-state index is 12.5. The number of nitrogens with one attached hydrogen (secondary N) is 1. The van der Waals surface area contributed by atoms with Gasteiger partial charge in [-0.3, -0.25) is 9.59 Å². The van der Waals surface area contributed by atoms with Crippen LogP contribution in [0.5, 0.6) is 0 Å². The Kier molecular flexibility index (Phi) is 4.85. The van der Waals surface area contributed by atoms with E-state index >= 15 is 0 Å². The fourth-order valence-electron chi connectivity index (χ4n) is 2.49. The fourth-order valence-corrected chi connectivity index (χ4v) is 2.62. The van der Waals surface area contributed by atoms with Gasteiger partial charge in [0.1, 0.15) is 0 Å². The Labute approximate surface area is 154 Å². The molecule has 1 amide bonds. The predicted molar refractivity (Wildman–Crippen MR) is 95.6 cm³/mol. The highest BCUT2D eigenvalue weighted by molar-refractivity contribution is 6.30. The number of nitrogens with zero attached hydrogens (tertiary/aromatic N) is 5. The Bertz CT molecular complexity index is 960. The first-order valence-electron chi connectivity index (χ1n) is 7.89. The summed E-state index contributed by atoms with van der Waals surface area (Å²) < 4.78 is 3.14. The third kappa shape index (κ3) is 3.36. The third-order valence-electron chi connectivity index (χ3n) is 3.96. The minimum Gasteiger partial charge on any atom is -0.341 e. The summed E-state index contributed by atoms with van der Waals surface area (Å²) >= 11 is 5.89. The lowest BCUT2D eigenvalue weighted by Crippen LogP contribution is -2.40. The monoisotopic (exact) mass is 372 g/mol. The van der Waals surface area contributed by atoms with Gasteiger partial charge in [-0.1, -0.05) is 16.8 Å². The van der Waals surface area contributed by atoms with Gasteiger partial charge in [-0.05, 0) is 38.1 Å². The number of aryl methyl sites for hydroxylation is 1. The van der Waals surface area contributed by atoms with E-state index in [0.29, 0.717) is 10.7 Å². The Morgan fingerprint density at radius 2 is 1.92 bits per heavy atom. The second-order valence-corrected chi connectivity index (χ2v) is 6.27. The van der Waals surface area contributed by atoms with E-state index in [-0.39, 0.29) is 17.3 Å². The second-order valence-electron chi connectivity index (χ2n) is 5.83. The van der Waals surface area contributed by atoms with Gasteiger partial charge in [-0.15, -0.1) is 5.10 Å². The molecule has 1 N–H and O–H groups in total. The molecule has 9 heteroatoms. The summed E-state index contributed by atoms with van der Waals surface area (Å²) in [7, 11) is 1.72. The molecule has 3 aromatic rings. The van der Waals surface area contributed by atoms with Crippen LogP contribution in [0.1, 0.15) is 33.7 Å². The zero-order chi connectivity index (χ0) is 18.8. The van der Waals surface area contributed by atoms with Crippen molar-refractivity contribution in [1.29, 1.82) is 0 Å². The molecule has 0 fully saturated rings. The van der Waals surface area contributed by atoms with Crippen LogP contribution in [0.15, 0.2) is 36.7 Å². The number of aromatic nitrogens is 5. The van der Waals surface area contributed by atoms with Crippen molar-refractivity contribution in [3.63, 3.8) is 0 Å². The van der Waals surface area contributed by atoms with Crippen LogP contribution in [0.3, 0.4) is 0 Å². The summed E-state index contributed by atoms with van der Waals surface area (Å²) in [6.45, 7) is 3.34. The van der Waals surface area contributed by atoms with Crippen LogP contribution in [-0.4, -0.2) is 42.3 Å². The number of ketones is 1. The number of carbonyl (C=O) groups is 2. The number of halogens is 1. The number of hydrogen-bond donors (Lipinski definition) is 1. The van der Waals surface area contributed by atoms with E-state index in [4.69, 9.17) is 11.6 Å². The van der Waals surface area contributed by atoms with Crippen LogP contribution in [0.25, 0.3) is 5.69 Å². The molecule has 1 aromatic carbocycles. The summed E-state index contributed by atoms with van der Waals surface area (Å²) in [6.07, 6.45) is 3.20. The molecule has 0 saturated heterocycles. The molecule has 0 aliphatic rings. The number of Topliss-reactive ketones (excluding diaryl/α,β-unsaturated/α-hetero) is 1. The lowest BCUT2D eigenvalue weighted by atomic mass is 10.2. The van der Waals surface area contributed by atoms with Gasteiger partial charge in [0, 0.05) is 24.5 Å². The van der Waals surface area contributed by atoms with Gasteiger partial charge < -0.3 is 9.88 Å². The molecule has 1 atom stereocenters. The quantitative estimate of drug-likeness (QED) is 0.691. The Hall–Kier alpha value is -3.00. The average molecular weight is 373 g/mol. The molecular weight excluding hydrogens is 356 g/mol. The normalized spacial score (nSPS) is 12.0. The number of hydrogen-bond acceptors (Lipinski definition) is 5. The molecule has 26 heavy (non-hydrogen) atoms. The van der Waals surface area contributed by atoms with Crippen molar-refractivity contribution in [1.82, 2.24) is 29.9 Å². The van der Waals surface area contributed by atoms with E-state index in [1.54, 1.807) is 55.9 Å². The van der Waals surface area contributed by atoms with E-state index in [0.717, 1.165) is 5.69 Å². The van der Waals surface area contributed by atoms with E-state index in [9.17, 15) is 9.59 Å². The summed E-state index contributed by atoms with van der Waals surface area (Å²) in [5.74, 6) is -0.481. The van der Waals surface area contributed by atoms with Crippen molar-refractivity contribution in [3.05, 3.63) is 58.9 Å². The molecule has 3 rings (SSSR count). The van der Waals surface area contributed by atoms with Gasteiger partial charge in [0.2, 0.25) is 5.78 Å². The molecule has 0 bridgehead atoms. The molecule has 0 spiro atoms. The lowest BCUT2D eigenvalue weighted by molar-refractivity contribution is 0.0855. The van der Waals surface area contributed by atoms with E-state index in [2.05, 4.69) is 20.6 Å². The highest BCUT2D eigenvalue weighted by atomic mass is 35.5. The van der Waals surface area contributed by atoms with E-state index in [1.165, 1.54) is 10.9 Å². The number of benzene rings is 1. The molecule has 0 radical (unpaired) electrons. The molecule has 8 nitrogen and oxygen atoms in total. The molecule has 2 heterocycles. The molecule has 134 valence electrons. The minimum absolute atomic E-state index is 0.152. The van der Waals surface area contributed by atoms with Crippen LogP contribution >= 0.6 is 11.6 Å². The standard InChI is InChI=1S/C17H17ClN6O2/c1-10(15(25)16-19-8-9-23(16)3)20-17(26)14-11(2)24(22-21-14)13-6-4-12(18)5-7-13/h4-10H,1-3H3,(H,20,26). The SMILES string of the molecule is Cc1c(C(=O)NC(C)C(=O)c2nccn2C)nnn1-c1ccc(Cl)cc1. The summed E-state index contributed by atoms with van der Waals surface area (Å²) in [5.41, 5.74) is 1.44. The Morgan fingerprint density at radius 1 is 1.23 bits per heavy atom. The average Bonchev–Trinajstić information content (AvgIpc) is 3.20. The van der Waals surface area contributed by atoms with Gasteiger partial charge in [-0.25, -0.2) is 9.67 Å². The maximum Gasteiger partial charge on any atom is 0.274 e. The first-order chi connectivity index (χ1) is 12.4. The molecule has 0 aliphatic carbocycles. The van der Waals surface area contributed by atoms with E-state index < -0.39 is 11.9 Å². The van der Waals surface area contributed by atoms with Crippen molar-refractivity contribution in [2.24, 2.45) is 7.05 Å². The topological polar surface area (TPSA) is 94.7 Å². The van der Waals surface area contributed by atoms with Crippen LogP contribution < -0.4 is 5.32 Å². The smallest absolute Gasteiger partial charge is 0.274 e. The molecule has 1 unspecified atom stereocenters. The first-order valence-corrected chi connectivity index (χ1v) is 8.27. The molecule has 0 saturated carbocycles. The number of rotatable bonds is 5. The number of amides is 1. The zero-order valence-corrected chi connectivity index (χ0v) is 15.2. The van der Waals surface area contributed by atoms with Gasteiger partial charge in [0.15, 0.2) is 11.5 Å². The summed E-state index contributed by atoms with van der Waals surface area (Å²) in [5, 5.41) is 11.2. The third-order valence-corrected chi connectivity index (χ3v) is 4.22. The van der Waals surface area contributed by atoms with Gasteiger partial charge in [-0.2, -0.15) is 0 Å². The Balaban J connectivity index is 1.77. The van der Waals surface area contributed by atoms with Crippen LogP contribution in [-0.2, 0) is 7.05 Å². The van der Waals surface area contributed by atoms with Crippen molar-refractivity contribution < 1.29 is 9.59 Å². The summed E-state index contributed by atoms with van der Waals surface area (Å²) in [6, 6.07) is 6.26. The number of carbonyl (C=O) groups excluding carboxylic acids is 2. The summed E-state index contributed by atoms with van der Waals surface area (Å²) in [4.78, 5) is 28.9. The number of imidazole rings is 1. The van der Waals surface area contributed by atoms with Crippen molar-refractivity contribution in [3.8, 4) is 5.69 Å². The predicted octanol–water partition coefficient (Wildman–Crippen LogP) is 1.96. The van der Waals surface area contributed by atoms with Crippen molar-refractivity contribution in [2.75, 3.05) is 0 Å². The molecule has 0 aliphatic heterocycles. The highest BCUT2D eigenvalue weighted by Crippen LogP contribution is 2.15. The van der Waals surface area contributed by atoms with Gasteiger partial charge in [0.05, 0.1) is 17.4 Å². The van der Waals surface area contributed by atoms with Crippen molar-refractivity contribution >= 4 is 23.3 Å². The van der Waals surface area contributed by atoms with Crippen LogP contribution in [0.2, 0.25) is 5.02 Å². The largest absolute Gasteiger partial charge is 0.341 e. The van der Waals surface area contributed by atoms with Gasteiger partial charge in [0.25, 0.3) is 5.91 Å². The maximum absolute atomic E-state index is 12.5. The van der Waals surface area contributed by atoms with Crippen LogP contribution in [0, 0.1) is 6.92 Å². The first kappa shape index (κ1) is 17.8. The second kappa shape index (κ2) is 7.09. The van der Waals surface area contributed by atoms with E-state index in [1.807, 2.05) is 0 Å². The molecule has 2 aromatic heterocycles. The zero-order valence-electron chi connectivity index (χ0n) is 14.5.